The largest absolute Gasteiger partial charge is 0.381 e. The molecule has 5 nitrogen and oxygen atoms in total. The van der Waals surface area contributed by atoms with Crippen LogP contribution >= 0.6 is 15.9 Å². The zero-order valence-corrected chi connectivity index (χ0v) is 17.5. The van der Waals surface area contributed by atoms with Crippen molar-refractivity contribution in [3.8, 4) is 0 Å². The summed E-state index contributed by atoms with van der Waals surface area (Å²) < 4.78 is 6.71. The molecule has 4 rings (SSSR count). The van der Waals surface area contributed by atoms with Gasteiger partial charge in [-0.05, 0) is 48.2 Å². The van der Waals surface area contributed by atoms with Gasteiger partial charge in [0.25, 0.3) is 0 Å². The van der Waals surface area contributed by atoms with Crippen molar-refractivity contribution in [3.63, 3.8) is 0 Å². The van der Waals surface area contributed by atoms with Gasteiger partial charge in [-0.25, -0.2) is 0 Å². The number of aromatic nitrogens is 1. The molecule has 28 heavy (non-hydrogen) atoms. The van der Waals surface area contributed by atoms with E-state index in [1.54, 1.807) is 12.4 Å². The zero-order chi connectivity index (χ0) is 19.4. The normalized spacial score (nSPS) is 21.7. The Kier molecular flexibility index (Phi) is 6.09. The third-order valence-corrected chi connectivity index (χ3v) is 6.53. The van der Waals surface area contributed by atoms with Crippen molar-refractivity contribution in [2.24, 2.45) is 11.3 Å². The predicted molar refractivity (Wildman–Crippen MR) is 111 cm³/mol. The van der Waals surface area contributed by atoms with E-state index in [1.165, 1.54) is 5.56 Å². The van der Waals surface area contributed by atoms with Crippen molar-refractivity contribution in [1.29, 1.82) is 0 Å². The van der Waals surface area contributed by atoms with Gasteiger partial charge < -0.3 is 10.1 Å². The molecule has 1 amide bonds. The average Bonchev–Trinajstić information content (AvgIpc) is 3.04. The first kappa shape index (κ1) is 19.6. The summed E-state index contributed by atoms with van der Waals surface area (Å²) in [5.74, 6) is 0.167. The van der Waals surface area contributed by atoms with E-state index >= 15 is 0 Å². The van der Waals surface area contributed by atoms with Crippen LogP contribution in [-0.2, 0) is 22.6 Å². The molecule has 6 heteroatoms. The fourth-order valence-corrected chi connectivity index (χ4v) is 4.99. The second-order valence-corrected chi connectivity index (χ2v) is 8.82. The first-order chi connectivity index (χ1) is 13.6. The van der Waals surface area contributed by atoms with Gasteiger partial charge in [0.1, 0.15) is 0 Å². The molecule has 0 radical (unpaired) electrons. The minimum atomic E-state index is 0.00499. The second kappa shape index (κ2) is 8.72. The molecule has 3 heterocycles. The summed E-state index contributed by atoms with van der Waals surface area (Å²) in [5, 5.41) is 3.16. The number of pyridine rings is 1. The highest BCUT2D eigenvalue weighted by Gasteiger charge is 2.50. The minimum absolute atomic E-state index is 0.00499. The third kappa shape index (κ3) is 4.45. The van der Waals surface area contributed by atoms with E-state index in [2.05, 4.69) is 49.3 Å². The maximum absolute atomic E-state index is 13.1. The summed E-state index contributed by atoms with van der Waals surface area (Å²) in [6.45, 7) is 4.68. The number of nitrogens with one attached hydrogen (secondary N) is 1. The Hall–Kier alpha value is -1.76. The predicted octanol–water partition coefficient (Wildman–Crippen LogP) is 3.39. The molecule has 1 aromatic heterocycles. The molecule has 1 unspecified atom stereocenters. The van der Waals surface area contributed by atoms with E-state index in [1.807, 2.05) is 18.2 Å². The Balaban J connectivity index is 1.46. The van der Waals surface area contributed by atoms with Crippen molar-refractivity contribution >= 4 is 21.8 Å². The Labute approximate surface area is 174 Å². The summed E-state index contributed by atoms with van der Waals surface area (Å²) in [4.78, 5) is 19.6. The SMILES string of the molecule is O=C(NCc1ccncc1)C1CN(Cc2cccc(Br)c2)CC12CCOCC2. The van der Waals surface area contributed by atoms with Crippen molar-refractivity contribution in [1.82, 2.24) is 15.2 Å². The Morgan fingerprint density at radius 3 is 2.75 bits per heavy atom. The van der Waals surface area contributed by atoms with Crippen LogP contribution in [0, 0.1) is 11.3 Å². The number of rotatable bonds is 5. The minimum Gasteiger partial charge on any atom is -0.381 e. The first-order valence-electron chi connectivity index (χ1n) is 9.86. The Bertz CT molecular complexity index is 808. The zero-order valence-electron chi connectivity index (χ0n) is 15.9. The number of benzene rings is 1. The van der Waals surface area contributed by atoms with Gasteiger partial charge in [-0.3, -0.25) is 14.7 Å². The van der Waals surface area contributed by atoms with Gasteiger partial charge in [-0.1, -0.05) is 28.1 Å². The maximum Gasteiger partial charge on any atom is 0.225 e. The number of carbonyl (C=O) groups is 1. The molecule has 1 aromatic carbocycles. The fourth-order valence-electron chi connectivity index (χ4n) is 4.54. The van der Waals surface area contributed by atoms with Gasteiger partial charge in [-0.2, -0.15) is 0 Å². The van der Waals surface area contributed by atoms with Crippen LogP contribution < -0.4 is 5.32 Å². The molecule has 0 saturated carbocycles. The molecule has 0 aliphatic carbocycles. The summed E-state index contributed by atoms with van der Waals surface area (Å²) in [6.07, 6.45) is 5.43. The number of amides is 1. The molecular weight excluding hydrogens is 418 g/mol. The van der Waals surface area contributed by atoms with Crippen LogP contribution in [0.15, 0.2) is 53.3 Å². The summed E-state index contributed by atoms with van der Waals surface area (Å²) in [7, 11) is 0. The van der Waals surface area contributed by atoms with E-state index in [0.29, 0.717) is 6.54 Å². The lowest BCUT2D eigenvalue weighted by molar-refractivity contribution is -0.130. The number of nitrogens with zero attached hydrogens (tertiary/aromatic N) is 2. The van der Waals surface area contributed by atoms with E-state index in [4.69, 9.17) is 4.74 Å². The molecule has 2 aliphatic rings. The third-order valence-electron chi connectivity index (χ3n) is 6.03. The van der Waals surface area contributed by atoms with Crippen molar-refractivity contribution < 1.29 is 9.53 Å². The summed E-state index contributed by atoms with van der Waals surface area (Å²) in [5.41, 5.74) is 2.37. The van der Waals surface area contributed by atoms with Crippen LogP contribution in [0.5, 0.6) is 0 Å². The van der Waals surface area contributed by atoms with Gasteiger partial charge in [0.15, 0.2) is 0 Å². The molecule has 2 aromatic rings. The molecule has 2 aliphatic heterocycles. The molecule has 1 atom stereocenters. The van der Waals surface area contributed by atoms with Crippen LogP contribution in [0.3, 0.4) is 0 Å². The van der Waals surface area contributed by atoms with Crippen molar-refractivity contribution in [2.45, 2.75) is 25.9 Å². The van der Waals surface area contributed by atoms with E-state index in [9.17, 15) is 4.79 Å². The summed E-state index contributed by atoms with van der Waals surface area (Å²) >= 11 is 3.56. The van der Waals surface area contributed by atoms with Gasteiger partial charge >= 0.3 is 0 Å². The first-order valence-corrected chi connectivity index (χ1v) is 10.7. The quantitative estimate of drug-likeness (QED) is 0.769. The molecule has 1 spiro atoms. The Morgan fingerprint density at radius 1 is 1.21 bits per heavy atom. The molecule has 2 saturated heterocycles. The number of hydrogen-bond acceptors (Lipinski definition) is 4. The molecule has 2 fully saturated rings. The highest BCUT2D eigenvalue weighted by molar-refractivity contribution is 9.10. The lowest BCUT2D eigenvalue weighted by Gasteiger charge is -2.37. The van der Waals surface area contributed by atoms with Gasteiger partial charge in [-0.15, -0.1) is 0 Å². The molecule has 0 bridgehead atoms. The number of halogens is 1. The smallest absolute Gasteiger partial charge is 0.225 e. The second-order valence-electron chi connectivity index (χ2n) is 7.90. The highest BCUT2D eigenvalue weighted by Crippen LogP contribution is 2.44. The van der Waals surface area contributed by atoms with Crippen LogP contribution in [0.25, 0.3) is 0 Å². The summed E-state index contributed by atoms with van der Waals surface area (Å²) in [6, 6.07) is 12.3. The van der Waals surface area contributed by atoms with Gasteiger partial charge in [0.05, 0.1) is 5.92 Å². The molecular formula is C22H26BrN3O2. The average molecular weight is 444 g/mol. The number of carbonyl (C=O) groups excluding carboxylic acids is 1. The van der Waals surface area contributed by atoms with Gasteiger partial charge in [0.2, 0.25) is 5.91 Å². The lowest BCUT2D eigenvalue weighted by Crippen LogP contribution is -2.44. The van der Waals surface area contributed by atoms with Crippen LogP contribution in [0.2, 0.25) is 0 Å². The van der Waals surface area contributed by atoms with Crippen LogP contribution in [-0.4, -0.2) is 42.1 Å². The highest BCUT2D eigenvalue weighted by atomic mass is 79.9. The monoisotopic (exact) mass is 443 g/mol. The number of ether oxygens (including phenoxy) is 1. The fraction of sp³-hybridized carbons (Fsp3) is 0.455. The van der Waals surface area contributed by atoms with E-state index in [0.717, 1.165) is 55.7 Å². The van der Waals surface area contributed by atoms with Crippen molar-refractivity contribution in [2.75, 3.05) is 26.3 Å². The number of likely N-dealkylation sites (tertiary alicyclic amines) is 1. The standard InChI is InChI=1S/C22H26BrN3O2/c23-19-3-1-2-18(12-19)14-26-15-20(22(16-26)6-10-28-11-7-22)21(27)25-13-17-4-8-24-9-5-17/h1-5,8-9,12,20H,6-7,10-11,13-16H2,(H,25,27). The molecule has 148 valence electrons. The van der Waals surface area contributed by atoms with Crippen LogP contribution in [0.1, 0.15) is 24.0 Å². The van der Waals surface area contributed by atoms with Gasteiger partial charge in [0, 0.05) is 61.7 Å². The lowest BCUT2D eigenvalue weighted by atomic mass is 9.71. The molecule has 1 N–H and O–H groups in total. The van der Waals surface area contributed by atoms with E-state index in [-0.39, 0.29) is 17.2 Å². The number of hydrogen-bond donors (Lipinski definition) is 1. The van der Waals surface area contributed by atoms with Crippen molar-refractivity contribution in [3.05, 3.63) is 64.4 Å². The topological polar surface area (TPSA) is 54.5 Å². The Morgan fingerprint density at radius 2 is 2.00 bits per heavy atom. The van der Waals surface area contributed by atoms with E-state index < -0.39 is 0 Å². The van der Waals surface area contributed by atoms with Crippen LogP contribution in [0.4, 0.5) is 0 Å². The maximum atomic E-state index is 13.1.